The summed E-state index contributed by atoms with van der Waals surface area (Å²) in [5.74, 6) is -0.0888. The number of nitrogens with one attached hydrogen (secondary N) is 1. The Morgan fingerprint density at radius 2 is 1.69 bits per heavy atom. The summed E-state index contributed by atoms with van der Waals surface area (Å²) in [6.45, 7) is 2.04. The molecular weight excluding hydrogens is 458 g/mol. The number of rotatable bonds is 7. The van der Waals surface area contributed by atoms with Crippen molar-refractivity contribution in [1.82, 2.24) is 14.8 Å². The fraction of sp³-hybridized carbons (Fsp3) is 0.111. The highest BCUT2D eigenvalue weighted by atomic mass is 32.2. The van der Waals surface area contributed by atoms with Gasteiger partial charge in [0.15, 0.2) is 16.6 Å². The number of para-hydroxylation sites is 1. The number of aromatic nitrogens is 3. The molecular formula is C27H23N5O2S. The normalized spacial score (nSPS) is 11.4. The van der Waals surface area contributed by atoms with Crippen molar-refractivity contribution in [3.63, 3.8) is 0 Å². The molecule has 0 amide bonds. The van der Waals surface area contributed by atoms with Crippen LogP contribution in [0, 0.1) is 18.3 Å². The molecule has 4 rings (SSSR count). The third-order valence-electron chi connectivity index (χ3n) is 5.35. The minimum atomic E-state index is -0.719. The van der Waals surface area contributed by atoms with Crippen LogP contribution >= 0.6 is 11.8 Å². The number of ether oxygens (including phenoxy) is 1. The zero-order chi connectivity index (χ0) is 24.8. The maximum atomic E-state index is 12.4. The van der Waals surface area contributed by atoms with Crippen LogP contribution in [0.2, 0.25) is 0 Å². The minimum absolute atomic E-state index is 0.127. The first-order valence-electron chi connectivity index (χ1n) is 10.8. The monoisotopic (exact) mass is 481 g/mol. The largest absolute Gasteiger partial charge is 0.465 e. The second kappa shape index (κ2) is 10.7. The third kappa shape index (κ3) is 4.95. The van der Waals surface area contributed by atoms with Crippen LogP contribution in [0.3, 0.4) is 0 Å². The lowest BCUT2D eigenvalue weighted by Crippen LogP contribution is -2.12. The van der Waals surface area contributed by atoms with Crippen LogP contribution < -0.4 is 5.32 Å². The zero-order valence-electron chi connectivity index (χ0n) is 19.5. The molecule has 1 heterocycles. The number of anilines is 1. The van der Waals surface area contributed by atoms with Gasteiger partial charge in [0.2, 0.25) is 0 Å². The summed E-state index contributed by atoms with van der Waals surface area (Å²) in [7, 11) is 1.25. The second-order valence-corrected chi connectivity index (χ2v) is 8.34. The molecule has 3 aromatic carbocycles. The van der Waals surface area contributed by atoms with E-state index in [9.17, 15) is 10.1 Å². The van der Waals surface area contributed by atoms with E-state index in [2.05, 4.69) is 15.5 Å². The molecule has 0 aliphatic rings. The Balaban J connectivity index is 1.89. The van der Waals surface area contributed by atoms with E-state index in [1.54, 1.807) is 0 Å². The maximum Gasteiger partial charge on any atom is 0.350 e. The number of esters is 1. The van der Waals surface area contributed by atoms with Gasteiger partial charge in [-0.3, -0.25) is 4.57 Å². The Labute approximate surface area is 208 Å². The van der Waals surface area contributed by atoms with E-state index in [0.717, 1.165) is 22.0 Å². The lowest BCUT2D eigenvalue weighted by atomic mass is 10.0. The molecule has 0 saturated heterocycles. The smallest absolute Gasteiger partial charge is 0.350 e. The van der Waals surface area contributed by atoms with E-state index in [-0.39, 0.29) is 5.57 Å². The molecule has 1 aromatic heterocycles. The lowest BCUT2D eigenvalue weighted by molar-refractivity contribution is -0.135. The molecule has 0 radical (unpaired) electrons. The van der Waals surface area contributed by atoms with Gasteiger partial charge >= 0.3 is 5.97 Å². The molecule has 0 aliphatic carbocycles. The van der Waals surface area contributed by atoms with E-state index in [1.807, 2.05) is 103 Å². The first kappa shape index (κ1) is 23.8. The number of methoxy groups -OCH3 is 1. The number of hydrogen-bond acceptors (Lipinski definition) is 7. The van der Waals surface area contributed by atoms with Gasteiger partial charge in [0.25, 0.3) is 0 Å². The average molecular weight is 482 g/mol. The number of carbonyl (C=O) groups excluding carboxylic acids is 1. The molecule has 0 unspecified atom stereocenters. The third-order valence-corrected chi connectivity index (χ3v) is 5.98. The van der Waals surface area contributed by atoms with Crippen LogP contribution in [0.4, 0.5) is 5.69 Å². The van der Waals surface area contributed by atoms with E-state index in [4.69, 9.17) is 4.74 Å². The summed E-state index contributed by atoms with van der Waals surface area (Å²) in [6, 6.07) is 26.9. The summed E-state index contributed by atoms with van der Waals surface area (Å²) in [5, 5.41) is 22.7. The Kier molecular flexibility index (Phi) is 7.29. The van der Waals surface area contributed by atoms with E-state index >= 15 is 0 Å². The van der Waals surface area contributed by atoms with Crippen LogP contribution in [-0.4, -0.2) is 34.1 Å². The summed E-state index contributed by atoms with van der Waals surface area (Å²) >= 11 is 1.50. The van der Waals surface area contributed by atoms with E-state index in [1.165, 1.54) is 18.9 Å². The highest BCUT2D eigenvalue weighted by molar-refractivity contribution is 7.98. The van der Waals surface area contributed by atoms with Gasteiger partial charge in [-0.05, 0) is 43.0 Å². The number of carbonyl (C=O) groups is 1. The fourth-order valence-corrected chi connectivity index (χ4v) is 4.11. The summed E-state index contributed by atoms with van der Waals surface area (Å²) in [5.41, 5.74) is 4.40. The van der Waals surface area contributed by atoms with E-state index in [0.29, 0.717) is 22.8 Å². The number of thioether (sulfide) groups is 1. The van der Waals surface area contributed by atoms with Gasteiger partial charge in [-0.1, -0.05) is 71.9 Å². The first-order chi connectivity index (χ1) is 17.1. The van der Waals surface area contributed by atoms with Crippen molar-refractivity contribution in [3.8, 4) is 23.1 Å². The first-order valence-corrected chi connectivity index (χ1v) is 12.0. The maximum absolute atomic E-state index is 12.4. The van der Waals surface area contributed by atoms with Crippen molar-refractivity contribution in [3.05, 3.63) is 95.6 Å². The zero-order valence-corrected chi connectivity index (χ0v) is 20.3. The molecule has 8 heteroatoms. The van der Waals surface area contributed by atoms with Gasteiger partial charge in [0.1, 0.15) is 6.07 Å². The Morgan fingerprint density at radius 1 is 1.00 bits per heavy atom. The minimum Gasteiger partial charge on any atom is -0.465 e. The molecule has 35 heavy (non-hydrogen) atoms. The van der Waals surface area contributed by atoms with Crippen LogP contribution in [0.1, 0.15) is 11.1 Å². The van der Waals surface area contributed by atoms with Gasteiger partial charge in [-0.25, -0.2) is 4.79 Å². The predicted octanol–water partition coefficient (Wildman–Crippen LogP) is 5.48. The van der Waals surface area contributed by atoms with Gasteiger partial charge in [0.05, 0.1) is 12.8 Å². The molecule has 1 N–H and O–H groups in total. The molecule has 4 aromatic rings. The van der Waals surface area contributed by atoms with Crippen LogP contribution in [-0.2, 0) is 9.53 Å². The number of benzene rings is 3. The van der Waals surface area contributed by atoms with Crippen LogP contribution in [0.5, 0.6) is 0 Å². The molecule has 0 fully saturated rings. The number of hydrogen-bond donors (Lipinski definition) is 1. The molecule has 174 valence electrons. The van der Waals surface area contributed by atoms with Gasteiger partial charge in [-0.2, -0.15) is 5.26 Å². The molecule has 7 nitrogen and oxygen atoms in total. The second-order valence-electron chi connectivity index (χ2n) is 7.57. The SMILES string of the molecule is COC(=O)/C(C#N)=C(/Nc1ccccc1-c1nnc(SC)n1-c1ccc(C)cc1)c1ccccc1. The van der Waals surface area contributed by atoms with E-state index < -0.39 is 5.97 Å². The summed E-state index contributed by atoms with van der Waals surface area (Å²) < 4.78 is 6.86. The van der Waals surface area contributed by atoms with Crippen molar-refractivity contribution in [2.45, 2.75) is 12.1 Å². The average Bonchev–Trinajstić information content (AvgIpc) is 3.33. The van der Waals surface area contributed by atoms with Gasteiger partial charge < -0.3 is 10.1 Å². The number of aryl methyl sites for hydroxylation is 1. The van der Waals surface area contributed by atoms with Gasteiger partial charge in [0, 0.05) is 16.9 Å². The fourth-order valence-electron chi connectivity index (χ4n) is 3.61. The number of nitrogens with zero attached hydrogens (tertiary/aromatic N) is 4. The van der Waals surface area contributed by atoms with Crippen LogP contribution in [0.25, 0.3) is 22.8 Å². The van der Waals surface area contributed by atoms with Crippen molar-refractivity contribution in [1.29, 1.82) is 5.26 Å². The molecule has 0 saturated carbocycles. The topological polar surface area (TPSA) is 92.8 Å². The molecule has 0 aliphatic heterocycles. The van der Waals surface area contributed by atoms with Crippen molar-refractivity contribution in [2.75, 3.05) is 18.7 Å². The van der Waals surface area contributed by atoms with Crippen molar-refractivity contribution >= 4 is 29.1 Å². The predicted molar refractivity (Wildman–Crippen MR) is 138 cm³/mol. The molecule has 0 spiro atoms. The summed E-state index contributed by atoms with van der Waals surface area (Å²) in [6.07, 6.45) is 1.95. The Morgan fingerprint density at radius 3 is 2.34 bits per heavy atom. The quantitative estimate of drug-likeness (QED) is 0.162. The Bertz CT molecular complexity index is 1420. The van der Waals surface area contributed by atoms with Crippen molar-refractivity contribution < 1.29 is 9.53 Å². The molecule has 0 bridgehead atoms. The van der Waals surface area contributed by atoms with Gasteiger partial charge in [-0.15, -0.1) is 10.2 Å². The summed E-state index contributed by atoms with van der Waals surface area (Å²) in [4.78, 5) is 12.4. The highest BCUT2D eigenvalue weighted by Crippen LogP contribution is 2.34. The standard InChI is InChI=1S/C27H23N5O2S/c1-18-13-15-20(16-14-18)32-25(30-31-27(32)35-3)21-11-7-8-12-23(21)29-24(19-9-5-4-6-10-19)22(17-28)26(33)34-2/h4-16,29H,1-3H3/b24-22+. The Hall–Kier alpha value is -4.35. The van der Waals surface area contributed by atoms with Crippen molar-refractivity contribution in [2.24, 2.45) is 0 Å². The van der Waals surface area contributed by atoms with Crippen LogP contribution in [0.15, 0.2) is 89.6 Å². The number of nitriles is 1. The lowest BCUT2D eigenvalue weighted by Gasteiger charge is -2.17. The highest BCUT2D eigenvalue weighted by Gasteiger charge is 2.22. The molecule has 0 atom stereocenters.